The van der Waals surface area contributed by atoms with Gasteiger partial charge < -0.3 is 14.8 Å². The first-order valence-corrected chi connectivity index (χ1v) is 8.75. The van der Waals surface area contributed by atoms with Crippen LogP contribution in [0.1, 0.15) is 29.8 Å². The number of fused-ring (bicyclic) bond motifs is 1. The van der Waals surface area contributed by atoms with Crippen molar-refractivity contribution in [2.24, 2.45) is 0 Å². The number of carbonyl (C=O) groups excluding carboxylic acids is 1. The number of carbonyl (C=O) groups is 1. The Hall–Kier alpha value is -3.42. The molecule has 1 aromatic heterocycles. The molecule has 0 radical (unpaired) electrons. The molecule has 1 unspecified atom stereocenters. The lowest BCUT2D eigenvalue weighted by Gasteiger charge is -2.13. The van der Waals surface area contributed by atoms with E-state index in [4.69, 9.17) is 9.47 Å². The molecule has 1 aliphatic heterocycles. The van der Waals surface area contributed by atoms with Gasteiger partial charge in [-0.15, -0.1) is 10.2 Å². The van der Waals surface area contributed by atoms with Crippen LogP contribution in [0.3, 0.4) is 0 Å². The number of nitrogens with one attached hydrogen (secondary N) is 2. The van der Waals surface area contributed by atoms with Crippen LogP contribution in [0.25, 0.3) is 11.4 Å². The van der Waals surface area contributed by atoms with Crippen molar-refractivity contribution in [2.75, 3.05) is 11.9 Å². The van der Waals surface area contributed by atoms with Crippen molar-refractivity contribution in [1.82, 2.24) is 20.6 Å². The minimum atomic E-state index is -0.235. The van der Waals surface area contributed by atoms with Crippen LogP contribution in [0, 0.1) is 0 Å². The van der Waals surface area contributed by atoms with Crippen LogP contribution in [0.5, 0.6) is 11.5 Å². The van der Waals surface area contributed by atoms with Gasteiger partial charge in [0.2, 0.25) is 5.82 Å². The van der Waals surface area contributed by atoms with Gasteiger partial charge in [0.1, 0.15) is 17.6 Å². The monoisotopic (exact) mass is 365 g/mol. The number of anilines is 1. The van der Waals surface area contributed by atoms with Gasteiger partial charge in [0.05, 0.1) is 12.3 Å². The third-order valence-electron chi connectivity index (χ3n) is 4.30. The lowest BCUT2D eigenvalue weighted by molar-refractivity contribution is 0.102. The molecule has 1 amide bonds. The van der Waals surface area contributed by atoms with Crippen LogP contribution in [-0.2, 0) is 6.42 Å². The van der Waals surface area contributed by atoms with Gasteiger partial charge in [0.15, 0.2) is 0 Å². The quantitative estimate of drug-likeness (QED) is 0.721. The summed E-state index contributed by atoms with van der Waals surface area (Å²) in [5.74, 6) is 1.67. The number of nitrogens with zero attached hydrogens (tertiary/aromatic N) is 3. The van der Waals surface area contributed by atoms with Crippen molar-refractivity contribution in [3.63, 3.8) is 0 Å². The summed E-state index contributed by atoms with van der Waals surface area (Å²) in [7, 11) is 0. The molecule has 0 bridgehead atoms. The molecule has 138 valence electrons. The number of aromatic amines is 1. The van der Waals surface area contributed by atoms with Crippen molar-refractivity contribution in [2.45, 2.75) is 26.4 Å². The third kappa shape index (κ3) is 3.46. The number of amides is 1. The first-order valence-electron chi connectivity index (χ1n) is 8.75. The summed E-state index contributed by atoms with van der Waals surface area (Å²) >= 11 is 0. The largest absolute Gasteiger partial charge is 0.492 e. The number of aromatic nitrogens is 4. The second kappa shape index (κ2) is 7.06. The summed E-state index contributed by atoms with van der Waals surface area (Å²) in [6.45, 7) is 4.44. The van der Waals surface area contributed by atoms with Crippen molar-refractivity contribution in [1.29, 1.82) is 0 Å². The van der Waals surface area contributed by atoms with Crippen LogP contribution >= 0.6 is 0 Å². The summed E-state index contributed by atoms with van der Waals surface area (Å²) in [4.78, 5) is 12.7. The first-order chi connectivity index (χ1) is 13.1. The lowest BCUT2D eigenvalue weighted by atomic mass is 10.1. The van der Waals surface area contributed by atoms with Gasteiger partial charge in [0.25, 0.3) is 5.91 Å². The van der Waals surface area contributed by atoms with E-state index in [2.05, 4.69) is 25.9 Å². The molecule has 8 heteroatoms. The summed E-state index contributed by atoms with van der Waals surface area (Å²) in [5, 5.41) is 16.7. The molecule has 8 nitrogen and oxygen atoms in total. The Kier molecular flexibility index (Phi) is 4.45. The molecule has 1 aliphatic rings. The van der Waals surface area contributed by atoms with Gasteiger partial charge in [-0.1, -0.05) is 12.1 Å². The number of benzene rings is 2. The van der Waals surface area contributed by atoms with E-state index in [0.29, 0.717) is 29.4 Å². The van der Waals surface area contributed by atoms with E-state index >= 15 is 0 Å². The highest BCUT2D eigenvalue weighted by atomic mass is 16.5. The number of ether oxygens (including phenoxy) is 2. The minimum absolute atomic E-state index is 0.123. The Bertz CT molecular complexity index is 954. The van der Waals surface area contributed by atoms with E-state index in [9.17, 15) is 4.79 Å². The van der Waals surface area contributed by atoms with Crippen LogP contribution in [0.2, 0.25) is 0 Å². The average Bonchev–Trinajstić information content (AvgIpc) is 3.31. The van der Waals surface area contributed by atoms with Crippen molar-refractivity contribution in [3.05, 3.63) is 47.5 Å². The van der Waals surface area contributed by atoms with Gasteiger partial charge in [-0.25, -0.2) is 0 Å². The second-order valence-electron chi connectivity index (χ2n) is 6.29. The fourth-order valence-electron chi connectivity index (χ4n) is 3.06. The number of hydrogen-bond donors (Lipinski definition) is 2. The summed E-state index contributed by atoms with van der Waals surface area (Å²) in [5.41, 5.74) is 2.97. The Morgan fingerprint density at radius 1 is 1.33 bits per heavy atom. The predicted molar refractivity (Wildman–Crippen MR) is 99.0 cm³/mol. The molecule has 0 fully saturated rings. The second-order valence-corrected chi connectivity index (χ2v) is 6.29. The molecule has 1 atom stereocenters. The van der Waals surface area contributed by atoms with Crippen LogP contribution in [0.4, 0.5) is 5.69 Å². The standard InChI is InChI=1S/C19H19N5O3/c1-3-26-17-9-14-8-11(2)27-16(14)10-15(17)20-19(25)13-6-4-12(5-7-13)18-21-23-24-22-18/h4-7,9-11H,3,8H2,1-2H3,(H,20,25)(H,21,22,23,24). The Balaban J connectivity index is 1.56. The molecule has 0 spiro atoms. The summed E-state index contributed by atoms with van der Waals surface area (Å²) in [6.07, 6.45) is 0.958. The van der Waals surface area contributed by atoms with E-state index in [0.717, 1.165) is 23.3 Å². The Morgan fingerprint density at radius 3 is 2.85 bits per heavy atom. The highest BCUT2D eigenvalue weighted by molar-refractivity contribution is 6.05. The fraction of sp³-hybridized carbons (Fsp3) is 0.263. The van der Waals surface area contributed by atoms with Crippen LogP contribution < -0.4 is 14.8 Å². The van der Waals surface area contributed by atoms with E-state index in [-0.39, 0.29) is 12.0 Å². The third-order valence-corrected chi connectivity index (χ3v) is 4.30. The molecule has 0 saturated carbocycles. The van der Waals surface area contributed by atoms with Gasteiger partial charge in [-0.3, -0.25) is 4.79 Å². The smallest absolute Gasteiger partial charge is 0.255 e. The molecule has 3 aromatic rings. The van der Waals surface area contributed by atoms with E-state index in [1.54, 1.807) is 24.3 Å². The number of rotatable bonds is 5. The Labute approximate surface area is 155 Å². The summed E-state index contributed by atoms with van der Waals surface area (Å²) < 4.78 is 11.5. The van der Waals surface area contributed by atoms with Gasteiger partial charge >= 0.3 is 0 Å². The SMILES string of the molecule is CCOc1cc2c(cc1NC(=O)c1ccc(-c3nn[nH]n3)cc1)OC(C)C2. The highest BCUT2D eigenvalue weighted by Crippen LogP contribution is 2.38. The molecule has 2 aromatic carbocycles. The van der Waals surface area contributed by atoms with Gasteiger partial charge in [-0.2, -0.15) is 5.21 Å². The number of hydrogen-bond acceptors (Lipinski definition) is 6. The maximum Gasteiger partial charge on any atom is 0.255 e. The topological polar surface area (TPSA) is 102 Å². The predicted octanol–water partition coefficient (Wildman–Crippen LogP) is 2.84. The summed E-state index contributed by atoms with van der Waals surface area (Å²) in [6, 6.07) is 10.8. The van der Waals surface area contributed by atoms with Gasteiger partial charge in [-0.05, 0) is 37.3 Å². The maximum atomic E-state index is 12.7. The fourth-order valence-corrected chi connectivity index (χ4v) is 3.06. The van der Waals surface area contributed by atoms with E-state index in [1.807, 2.05) is 26.0 Å². The Morgan fingerprint density at radius 2 is 2.15 bits per heavy atom. The molecule has 4 rings (SSSR count). The molecule has 0 aliphatic carbocycles. The zero-order valence-electron chi connectivity index (χ0n) is 15.0. The van der Waals surface area contributed by atoms with Crippen LogP contribution in [0.15, 0.2) is 36.4 Å². The van der Waals surface area contributed by atoms with E-state index in [1.165, 1.54) is 0 Å². The maximum absolute atomic E-state index is 12.7. The zero-order chi connectivity index (χ0) is 18.8. The van der Waals surface area contributed by atoms with Crippen molar-refractivity contribution in [3.8, 4) is 22.9 Å². The first kappa shape index (κ1) is 17.0. The molecule has 27 heavy (non-hydrogen) atoms. The lowest BCUT2D eigenvalue weighted by Crippen LogP contribution is -2.13. The zero-order valence-corrected chi connectivity index (χ0v) is 15.0. The van der Waals surface area contributed by atoms with Crippen molar-refractivity contribution >= 4 is 11.6 Å². The van der Waals surface area contributed by atoms with Gasteiger partial charge in [0, 0.05) is 29.2 Å². The molecule has 2 N–H and O–H groups in total. The highest BCUT2D eigenvalue weighted by Gasteiger charge is 2.22. The average molecular weight is 365 g/mol. The van der Waals surface area contributed by atoms with Crippen molar-refractivity contribution < 1.29 is 14.3 Å². The number of tetrazole rings is 1. The van der Waals surface area contributed by atoms with Crippen LogP contribution in [-0.4, -0.2) is 39.2 Å². The minimum Gasteiger partial charge on any atom is -0.492 e. The molecular weight excluding hydrogens is 346 g/mol. The number of H-pyrrole nitrogens is 1. The molecule has 0 saturated heterocycles. The normalized spacial score (nSPS) is 15.1. The van der Waals surface area contributed by atoms with E-state index < -0.39 is 0 Å². The molecule has 2 heterocycles. The molecular formula is C19H19N5O3.